The molecule has 1 fully saturated rings. The molecule has 0 bridgehead atoms. The first-order valence-corrected chi connectivity index (χ1v) is 3.17. The van der Waals surface area contributed by atoms with Crippen molar-refractivity contribution in [3.05, 3.63) is 0 Å². The highest BCUT2D eigenvalue weighted by atomic mass is 16.3. The second-order valence-corrected chi connectivity index (χ2v) is 2.46. The molecule has 1 aliphatic carbocycles. The van der Waals surface area contributed by atoms with Crippen LogP contribution in [0, 0.1) is 5.92 Å². The topological polar surface area (TPSA) is 32.3 Å². The molecule has 2 N–H and O–H groups in total. The van der Waals surface area contributed by atoms with E-state index < -0.39 is 0 Å². The van der Waals surface area contributed by atoms with Crippen LogP contribution in [0.4, 0.5) is 0 Å². The zero-order chi connectivity index (χ0) is 5.98. The van der Waals surface area contributed by atoms with Gasteiger partial charge in [-0.1, -0.05) is 0 Å². The molecule has 1 aliphatic rings. The minimum atomic E-state index is -0.0833. The maximum absolute atomic E-state index is 9.13. The van der Waals surface area contributed by atoms with E-state index in [0.717, 1.165) is 6.54 Å². The average molecular weight is 115 g/mol. The molecule has 1 rings (SSSR count). The predicted octanol–water partition coefficient (Wildman–Crippen LogP) is -0.0233. The van der Waals surface area contributed by atoms with Crippen LogP contribution in [0.5, 0.6) is 0 Å². The Kier molecular flexibility index (Phi) is 1.86. The molecule has 48 valence electrons. The Labute approximate surface area is 49.9 Å². The summed E-state index contributed by atoms with van der Waals surface area (Å²) in [6, 6.07) is 0. The van der Waals surface area contributed by atoms with Gasteiger partial charge in [-0.3, -0.25) is 0 Å². The van der Waals surface area contributed by atoms with Gasteiger partial charge in [-0.15, -0.1) is 0 Å². The highest BCUT2D eigenvalue weighted by molar-refractivity contribution is 4.81. The van der Waals surface area contributed by atoms with Gasteiger partial charge >= 0.3 is 0 Å². The van der Waals surface area contributed by atoms with Crippen LogP contribution in [0.2, 0.25) is 0 Å². The van der Waals surface area contributed by atoms with Crippen LogP contribution in [0.15, 0.2) is 0 Å². The van der Waals surface area contributed by atoms with Crippen molar-refractivity contribution in [2.24, 2.45) is 5.92 Å². The summed E-state index contributed by atoms with van der Waals surface area (Å²) in [5.74, 6) is 0.613. The van der Waals surface area contributed by atoms with Gasteiger partial charge < -0.3 is 10.4 Å². The monoisotopic (exact) mass is 115 g/mol. The molecule has 0 heterocycles. The molecule has 0 aromatic carbocycles. The summed E-state index contributed by atoms with van der Waals surface area (Å²) in [5.41, 5.74) is 0. The summed E-state index contributed by atoms with van der Waals surface area (Å²) >= 11 is 0. The van der Waals surface area contributed by atoms with E-state index in [1.54, 1.807) is 0 Å². The first-order valence-electron chi connectivity index (χ1n) is 3.17. The molecule has 0 aromatic heterocycles. The molecule has 0 unspecified atom stereocenters. The first kappa shape index (κ1) is 6.05. The number of likely N-dealkylation sites (N-methyl/N-ethyl adjacent to an activating group) is 1. The molecular weight excluding hydrogens is 102 g/mol. The SMILES string of the molecule is CNC[C@@H](O)C1CC1. The highest BCUT2D eigenvalue weighted by Gasteiger charge is 2.28. The minimum Gasteiger partial charge on any atom is -0.392 e. The largest absolute Gasteiger partial charge is 0.392 e. The minimum absolute atomic E-state index is 0.0833. The normalized spacial score (nSPS) is 23.2. The summed E-state index contributed by atoms with van der Waals surface area (Å²) in [6.45, 7) is 0.755. The van der Waals surface area contributed by atoms with Crippen molar-refractivity contribution < 1.29 is 5.11 Å². The van der Waals surface area contributed by atoms with Crippen LogP contribution in [0.3, 0.4) is 0 Å². The van der Waals surface area contributed by atoms with E-state index in [1.807, 2.05) is 7.05 Å². The maximum Gasteiger partial charge on any atom is 0.0692 e. The van der Waals surface area contributed by atoms with E-state index in [1.165, 1.54) is 12.8 Å². The van der Waals surface area contributed by atoms with Crippen molar-refractivity contribution in [3.8, 4) is 0 Å². The van der Waals surface area contributed by atoms with Crippen LogP contribution in [0.1, 0.15) is 12.8 Å². The fourth-order valence-electron chi connectivity index (χ4n) is 0.857. The molecular formula is C6H13NO. The Morgan fingerprint density at radius 1 is 1.75 bits per heavy atom. The van der Waals surface area contributed by atoms with Gasteiger partial charge in [0.15, 0.2) is 0 Å². The number of nitrogens with one attached hydrogen (secondary N) is 1. The van der Waals surface area contributed by atoms with Gasteiger partial charge in [-0.2, -0.15) is 0 Å². The summed E-state index contributed by atoms with van der Waals surface area (Å²) < 4.78 is 0. The zero-order valence-electron chi connectivity index (χ0n) is 5.22. The molecule has 1 atom stereocenters. The van der Waals surface area contributed by atoms with Crippen molar-refractivity contribution in [1.29, 1.82) is 0 Å². The smallest absolute Gasteiger partial charge is 0.0692 e. The van der Waals surface area contributed by atoms with E-state index in [-0.39, 0.29) is 6.10 Å². The van der Waals surface area contributed by atoms with Crippen LogP contribution in [0.25, 0.3) is 0 Å². The molecule has 0 amide bonds. The number of hydrogen-bond donors (Lipinski definition) is 2. The summed E-state index contributed by atoms with van der Waals surface area (Å²) in [5, 5.41) is 12.1. The standard InChI is InChI=1S/C6H13NO/c1-7-4-6(8)5-2-3-5/h5-8H,2-4H2,1H3/t6-/m1/s1. The third kappa shape index (κ3) is 1.46. The molecule has 1 saturated carbocycles. The number of rotatable bonds is 3. The molecule has 0 spiro atoms. The third-order valence-electron chi connectivity index (χ3n) is 1.58. The van der Waals surface area contributed by atoms with Crippen LogP contribution in [-0.2, 0) is 0 Å². The Bertz CT molecular complexity index is 70.9. The first-order chi connectivity index (χ1) is 3.84. The molecule has 2 heteroatoms. The van der Waals surface area contributed by atoms with Gasteiger partial charge in [0.25, 0.3) is 0 Å². The van der Waals surface area contributed by atoms with Gasteiger partial charge in [-0.05, 0) is 25.8 Å². The predicted molar refractivity (Wildman–Crippen MR) is 32.7 cm³/mol. The highest BCUT2D eigenvalue weighted by Crippen LogP contribution is 2.31. The quantitative estimate of drug-likeness (QED) is 0.541. The number of hydrogen-bond acceptors (Lipinski definition) is 2. The number of aliphatic hydroxyl groups excluding tert-OH is 1. The van der Waals surface area contributed by atoms with E-state index in [9.17, 15) is 0 Å². The summed E-state index contributed by atoms with van der Waals surface area (Å²) in [4.78, 5) is 0. The molecule has 0 aromatic rings. The van der Waals surface area contributed by atoms with Crippen LogP contribution in [-0.4, -0.2) is 24.8 Å². The lowest BCUT2D eigenvalue weighted by Crippen LogP contribution is -2.24. The van der Waals surface area contributed by atoms with Gasteiger partial charge in [0.05, 0.1) is 6.10 Å². The van der Waals surface area contributed by atoms with Crippen molar-refractivity contribution in [2.45, 2.75) is 18.9 Å². The second-order valence-electron chi connectivity index (χ2n) is 2.46. The van der Waals surface area contributed by atoms with Gasteiger partial charge in [0.1, 0.15) is 0 Å². The second kappa shape index (κ2) is 2.46. The molecule has 8 heavy (non-hydrogen) atoms. The Morgan fingerprint density at radius 2 is 2.38 bits per heavy atom. The molecule has 2 nitrogen and oxygen atoms in total. The Morgan fingerprint density at radius 3 is 2.75 bits per heavy atom. The van der Waals surface area contributed by atoms with Crippen molar-refractivity contribution >= 4 is 0 Å². The Hall–Kier alpha value is -0.0800. The maximum atomic E-state index is 9.13. The number of aliphatic hydroxyl groups is 1. The van der Waals surface area contributed by atoms with E-state index in [4.69, 9.17) is 5.11 Å². The lowest BCUT2D eigenvalue weighted by atomic mass is 10.2. The molecule has 0 radical (unpaired) electrons. The lowest BCUT2D eigenvalue weighted by molar-refractivity contribution is 0.151. The molecule has 0 saturated heterocycles. The van der Waals surface area contributed by atoms with E-state index in [2.05, 4.69) is 5.32 Å². The van der Waals surface area contributed by atoms with Crippen molar-refractivity contribution in [1.82, 2.24) is 5.32 Å². The van der Waals surface area contributed by atoms with Crippen LogP contribution < -0.4 is 5.32 Å². The van der Waals surface area contributed by atoms with E-state index >= 15 is 0 Å². The fourth-order valence-corrected chi connectivity index (χ4v) is 0.857. The van der Waals surface area contributed by atoms with Gasteiger partial charge in [0, 0.05) is 6.54 Å². The van der Waals surface area contributed by atoms with Gasteiger partial charge in [-0.25, -0.2) is 0 Å². The third-order valence-corrected chi connectivity index (χ3v) is 1.58. The Balaban J connectivity index is 2.03. The summed E-state index contributed by atoms with van der Waals surface area (Å²) in [6.07, 6.45) is 2.37. The van der Waals surface area contributed by atoms with Gasteiger partial charge in [0.2, 0.25) is 0 Å². The van der Waals surface area contributed by atoms with E-state index in [0.29, 0.717) is 5.92 Å². The summed E-state index contributed by atoms with van der Waals surface area (Å²) in [7, 11) is 1.87. The fraction of sp³-hybridized carbons (Fsp3) is 1.00. The van der Waals surface area contributed by atoms with Crippen LogP contribution >= 0.6 is 0 Å². The van der Waals surface area contributed by atoms with Crippen molar-refractivity contribution in [2.75, 3.05) is 13.6 Å². The average Bonchev–Trinajstić information content (AvgIpc) is 2.45. The van der Waals surface area contributed by atoms with Crippen molar-refractivity contribution in [3.63, 3.8) is 0 Å². The lowest BCUT2D eigenvalue weighted by Gasteiger charge is -2.05. The zero-order valence-corrected chi connectivity index (χ0v) is 5.22. The molecule has 0 aliphatic heterocycles.